The number of hydrogen-bond donors (Lipinski definition) is 0. The number of aromatic nitrogens is 5. The third kappa shape index (κ3) is 4.52. The van der Waals surface area contributed by atoms with Crippen molar-refractivity contribution in [2.75, 3.05) is 0 Å². The van der Waals surface area contributed by atoms with Crippen LogP contribution < -0.4 is 0 Å². The summed E-state index contributed by atoms with van der Waals surface area (Å²) >= 11 is 0. The molecule has 10 rings (SSSR count). The molecular weight excluding hydrogens is 611 g/mol. The molecule has 0 saturated heterocycles. The van der Waals surface area contributed by atoms with Crippen molar-refractivity contribution in [3.8, 4) is 45.3 Å². The minimum Gasteiger partial charge on any atom is -0.316 e. The largest absolute Gasteiger partial charge is 0.316 e. The normalized spacial score (nSPS) is 11.6. The zero-order chi connectivity index (χ0) is 33.0. The van der Waals surface area contributed by atoms with Gasteiger partial charge in [-0.05, 0) is 72.8 Å². The van der Waals surface area contributed by atoms with Crippen LogP contribution >= 0.6 is 0 Å². The Balaban J connectivity index is 1.09. The Labute approximate surface area is 288 Å². The molecule has 234 valence electrons. The molecule has 0 aliphatic heterocycles. The van der Waals surface area contributed by atoms with E-state index in [1.54, 1.807) is 0 Å². The number of hydrogen-bond acceptors (Lipinski definition) is 3. The molecule has 0 N–H and O–H groups in total. The fourth-order valence-electron chi connectivity index (χ4n) is 7.28. The summed E-state index contributed by atoms with van der Waals surface area (Å²) in [6.07, 6.45) is 4.00. The standard InChI is InChI=1S/C45H29N5/c1-2-10-34(11-3-1)49-29-27-32-23-26-41-42(44(32)49)37-13-5-7-16-40(37)50(41)35-24-21-33(22-25-35)45-47-39-15-6-4-12-36(39)43(48-45)31-19-17-30(18-20-31)38-14-8-9-28-46-38/h1-29H. The van der Waals surface area contributed by atoms with Crippen molar-refractivity contribution in [1.82, 2.24) is 24.1 Å². The molecule has 0 spiro atoms. The van der Waals surface area contributed by atoms with E-state index in [1.807, 2.05) is 36.5 Å². The van der Waals surface area contributed by atoms with Crippen LogP contribution in [0.15, 0.2) is 176 Å². The molecule has 5 nitrogen and oxygen atoms in total. The maximum Gasteiger partial charge on any atom is 0.160 e. The highest BCUT2D eigenvalue weighted by Crippen LogP contribution is 2.38. The van der Waals surface area contributed by atoms with Gasteiger partial charge in [0, 0.05) is 62.0 Å². The van der Waals surface area contributed by atoms with Gasteiger partial charge in [-0.2, -0.15) is 0 Å². The van der Waals surface area contributed by atoms with Crippen molar-refractivity contribution < 1.29 is 0 Å². The third-order valence-electron chi connectivity index (χ3n) is 9.63. The molecule has 0 bridgehead atoms. The number of rotatable bonds is 5. The second-order valence-corrected chi connectivity index (χ2v) is 12.5. The highest BCUT2D eigenvalue weighted by molar-refractivity contribution is 6.20. The number of para-hydroxylation sites is 3. The van der Waals surface area contributed by atoms with Crippen LogP contribution in [0.3, 0.4) is 0 Å². The molecule has 0 radical (unpaired) electrons. The lowest BCUT2D eigenvalue weighted by Gasteiger charge is -2.12. The van der Waals surface area contributed by atoms with Gasteiger partial charge in [-0.1, -0.05) is 91.0 Å². The monoisotopic (exact) mass is 639 g/mol. The Kier molecular flexibility index (Phi) is 6.42. The molecule has 0 aliphatic rings. The minimum absolute atomic E-state index is 0.698. The van der Waals surface area contributed by atoms with Crippen molar-refractivity contribution in [1.29, 1.82) is 0 Å². The van der Waals surface area contributed by atoms with Crippen LogP contribution in [0, 0.1) is 0 Å². The number of benzene rings is 6. The Morgan fingerprint density at radius 1 is 0.460 bits per heavy atom. The molecule has 6 aromatic carbocycles. The summed E-state index contributed by atoms with van der Waals surface area (Å²) in [6.45, 7) is 0. The van der Waals surface area contributed by atoms with E-state index >= 15 is 0 Å². The van der Waals surface area contributed by atoms with Gasteiger partial charge >= 0.3 is 0 Å². The summed E-state index contributed by atoms with van der Waals surface area (Å²) in [5.74, 6) is 0.698. The van der Waals surface area contributed by atoms with Crippen molar-refractivity contribution in [3.63, 3.8) is 0 Å². The van der Waals surface area contributed by atoms with Gasteiger partial charge in [0.25, 0.3) is 0 Å². The third-order valence-corrected chi connectivity index (χ3v) is 9.63. The molecule has 0 amide bonds. The second kappa shape index (κ2) is 11.4. The molecule has 4 heterocycles. The molecule has 4 aromatic heterocycles. The van der Waals surface area contributed by atoms with Crippen LogP contribution in [-0.4, -0.2) is 24.1 Å². The van der Waals surface area contributed by atoms with E-state index in [4.69, 9.17) is 9.97 Å². The predicted molar refractivity (Wildman–Crippen MR) is 205 cm³/mol. The SMILES string of the molecule is c1ccc(-n2ccc3ccc4c(c5ccccc5n4-c4ccc(-c5nc(-c6ccc(-c7ccccn7)cc6)c6ccccc6n5)cc4)c32)cc1. The molecule has 10 aromatic rings. The van der Waals surface area contributed by atoms with E-state index < -0.39 is 0 Å². The van der Waals surface area contributed by atoms with Crippen LogP contribution in [0.5, 0.6) is 0 Å². The first-order valence-corrected chi connectivity index (χ1v) is 16.8. The van der Waals surface area contributed by atoms with E-state index in [1.165, 1.54) is 32.7 Å². The van der Waals surface area contributed by atoms with Gasteiger partial charge in [-0.15, -0.1) is 0 Å². The first-order chi connectivity index (χ1) is 24.8. The van der Waals surface area contributed by atoms with Gasteiger partial charge in [0.1, 0.15) is 0 Å². The van der Waals surface area contributed by atoms with Gasteiger partial charge in [0.05, 0.1) is 33.5 Å². The second-order valence-electron chi connectivity index (χ2n) is 12.5. The van der Waals surface area contributed by atoms with Crippen molar-refractivity contribution >= 4 is 43.6 Å². The van der Waals surface area contributed by atoms with Crippen LogP contribution in [0.2, 0.25) is 0 Å². The molecule has 0 atom stereocenters. The maximum atomic E-state index is 5.17. The fraction of sp³-hybridized carbons (Fsp3) is 0. The molecule has 0 unspecified atom stereocenters. The summed E-state index contributed by atoms with van der Waals surface area (Å²) in [5, 5.41) is 4.71. The van der Waals surface area contributed by atoms with Gasteiger partial charge in [0.15, 0.2) is 5.82 Å². The van der Waals surface area contributed by atoms with Gasteiger partial charge < -0.3 is 9.13 Å². The zero-order valence-corrected chi connectivity index (χ0v) is 27.0. The Hall–Kier alpha value is -6.85. The molecular formula is C45H29N5. The van der Waals surface area contributed by atoms with Crippen LogP contribution in [-0.2, 0) is 0 Å². The summed E-state index contributed by atoms with van der Waals surface area (Å²) in [4.78, 5) is 14.7. The van der Waals surface area contributed by atoms with Crippen LogP contribution in [0.4, 0.5) is 0 Å². The van der Waals surface area contributed by atoms with E-state index in [9.17, 15) is 0 Å². The Morgan fingerprint density at radius 3 is 2.00 bits per heavy atom. The Bertz CT molecular complexity index is 2830. The van der Waals surface area contributed by atoms with Gasteiger partial charge in [-0.3, -0.25) is 4.98 Å². The molecule has 0 fully saturated rings. The summed E-state index contributed by atoms with van der Waals surface area (Å²) in [6, 6.07) is 57.3. The quantitative estimate of drug-likeness (QED) is 0.188. The van der Waals surface area contributed by atoms with Gasteiger partial charge in [0.2, 0.25) is 0 Å². The van der Waals surface area contributed by atoms with Crippen molar-refractivity contribution in [2.24, 2.45) is 0 Å². The predicted octanol–water partition coefficient (Wildman–Crippen LogP) is 11.1. The first kappa shape index (κ1) is 28.2. The average molecular weight is 640 g/mol. The highest BCUT2D eigenvalue weighted by atomic mass is 15.0. The summed E-state index contributed by atoms with van der Waals surface area (Å²) < 4.78 is 4.67. The average Bonchev–Trinajstić information content (AvgIpc) is 3.78. The first-order valence-electron chi connectivity index (χ1n) is 16.8. The number of fused-ring (bicyclic) bond motifs is 6. The van der Waals surface area contributed by atoms with Crippen molar-refractivity contribution in [2.45, 2.75) is 0 Å². The van der Waals surface area contributed by atoms with E-state index in [-0.39, 0.29) is 0 Å². The summed E-state index contributed by atoms with van der Waals surface area (Å²) in [5.41, 5.74) is 11.6. The Morgan fingerprint density at radius 2 is 1.18 bits per heavy atom. The minimum atomic E-state index is 0.698. The number of pyridine rings is 1. The van der Waals surface area contributed by atoms with Crippen LogP contribution in [0.1, 0.15) is 0 Å². The van der Waals surface area contributed by atoms with E-state index in [0.29, 0.717) is 5.82 Å². The molecule has 5 heteroatoms. The van der Waals surface area contributed by atoms with Crippen LogP contribution in [0.25, 0.3) is 88.9 Å². The lowest BCUT2D eigenvalue weighted by Crippen LogP contribution is -1.97. The van der Waals surface area contributed by atoms with Gasteiger partial charge in [-0.25, -0.2) is 9.97 Å². The van der Waals surface area contributed by atoms with Crippen molar-refractivity contribution in [3.05, 3.63) is 176 Å². The highest BCUT2D eigenvalue weighted by Gasteiger charge is 2.18. The van der Waals surface area contributed by atoms with E-state index in [0.717, 1.165) is 50.4 Å². The molecule has 0 aliphatic carbocycles. The fourth-order valence-corrected chi connectivity index (χ4v) is 7.28. The molecule has 50 heavy (non-hydrogen) atoms. The maximum absolute atomic E-state index is 5.17. The van der Waals surface area contributed by atoms with E-state index in [2.05, 4.69) is 154 Å². The topological polar surface area (TPSA) is 48.5 Å². The number of nitrogens with zero attached hydrogens (tertiary/aromatic N) is 5. The lowest BCUT2D eigenvalue weighted by atomic mass is 10.0. The molecule has 0 saturated carbocycles. The smallest absolute Gasteiger partial charge is 0.160 e. The zero-order valence-electron chi connectivity index (χ0n) is 27.0. The summed E-state index contributed by atoms with van der Waals surface area (Å²) in [7, 11) is 0. The lowest BCUT2D eigenvalue weighted by molar-refractivity contribution is 1.13.